The molecule has 0 fully saturated rings. The van der Waals surface area contributed by atoms with Gasteiger partial charge < -0.3 is 9.13 Å². The van der Waals surface area contributed by atoms with Gasteiger partial charge in [0.2, 0.25) is 0 Å². The number of pyridine rings is 1. The molecule has 5 heteroatoms. The highest BCUT2D eigenvalue weighted by atomic mass is 15.0. The first-order valence-corrected chi connectivity index (χ1v) is 17.5. The highest BCUT2D eigenvalue weighted by Crippen LogP contribution is 2.40. The molecule has 11 aromatic rings. The summed E-state index contributed by atoms with van der Waals surface area (Å²) >= 11 is 0. The number of rotatable bonds is 4. The van der Waals surface area contributed by atoms with Crippen molar-refractivity contribution in [2.24, 2.45) is 0 Å². The fraction of sp³-hybridized carbons (Fsp3) is 0. The molecule has 4 aromatic heterocycles. The van der Waals surface area contributed by atoms with Gasteiger partial charge in [-0.2, -0.15) is 0 Å². The van der Waals surface area contributed by atoms with E-state index in [1.54, 1.807) is 12.4 Å². The molecule has 0 aliphatic heterocycles. The Balaban J connectivity index is 1.09. The van der Waals surface area contributed by atoms with E-state index >= 15 is 0 Å². The molecule has 52 heavy (non-hydrogen) atoms. The summed E-state index contributed by atoms with van der Waals surface area (Å²) in [5, 5.41) is 8.17. The zero-order valence-corrected chi connectivity index (χ0v) is 28.0. The fourth-order valence-electron chi connectivity index (χ4n) is 8.15. The summed E-state index contributed by atoms with van der Waals surface area (Å²) in [6.45, 7) is 0. The molecule has 11 rings (SSSR count). The van der Waals surface area contributed by atoms with Crippen LogP contribution in [0.15, 0.2) is 176 Å². The lowest BCUT2D eigenvalue weighted by atomic mass is 9.97. The van der Waals surface area contributed by atoms with Gasteiger partial charge in [0.25, 0.3) is 0 Å². The van der Waals surface area contributed by atoms with Crippen LogP contribution < -0.4 is 0 Å². The van der Waals surface area contributed by atoms with E-state index in [9.17, 15) is 0 Å². The average Bonchev–Trinajstić information content (AvgIpc) is 3.80. The third kappa shape index (κ3) is 4.26. The summed E-state index contributed by atoms with van der Waals surface area (Å²) in [5.41, 5.74) is 11.9. The van der Waals surface area contributed by atoms with Crippen LogP contribution in [0.3, 0.4) is 0 Å². The summed E-state index contributed by atoms with van der Waals surface area (Å²) in [6.07, 6.45) is 7.60. The highest BCUT2D eigenvalue weighted by molar-refractivity contribution is 6.27. The molecule has 0 N–H and O–H groups in total. The molecule has 242 valence electrons. The largest absolute Gasteiger partial charge is 0.309 e. The molecule has 0 saturated carbocycles. The van der Waals surface area contributed by atoms with Crippen LogP contribution in [0.1, 0.15) is 0 Å². The molecule has 0 aliphatic carbocycles. The normalized spacial score (nSPS) is 11.8. The van der Waals surface area contributed by atoms with Crippen LogP contribution in [-0.4, -0.2) is 24.1 Å². The standard InChI is InChI=1S/C47H29N5/c1-2-13-33(14-3-1)51-25-21-39-35(20-22-50-47(39)51)32-12-8-10-30(26-32)31-11-9-15-34(27-31)52-43-19-7-6-17-37(43)41-28-40-36-16-4-5-18-38(36)45-46(49-24-23-48-45)42(40)29-44(41)52/h1-29H. The van der Waals surface area contributed by atoms with E-state index in [-0.39, 0.29) is 0 Å². The molecule has 0 atom stereocenters. The topological polar surface area (TPSA) is 48.5 Å². The van der Waals surface area contributed by atoms with Gasteiger partial charge in [-0.15, -0.1) is 0 Å². The lowest BCUT2D eigenvalue weighted by Gasteiger charge is -2.13. The number of hydrogen-bond acceptors (Lipinski definition) is 3. The summed E-state index contributed by atoms with van der Waals surface area (Å²) in [6, 6.07) is 54.3. The molecule has 7 aromatic carbocycles. The van der Waals surface area contributed by atoms with E-state index in [1.807, 2.05) is 12.3 Å². The Morgan fingerprint density at radius 2 is 1.06 bits per heavy atom. The maximum absolute atomic E-state index is 4.87. The third-order valence-electron chi connectivity index (χ3n) is 10.5. The van der Waals surface area contributed by atoms with Gasteiger partial charge in [0.1, 0.15) is 5.65 Å². The number of hydrogen-bond donors (Lipinski definition) is 0. The van der Waals surface area contributed by atoms with Crippen molar-refractivity contribution in [1.82, 2.24) is 24.1 Å². The van der Waals surface area contributed by atoms with Crippen molar-refractivity contribution in [3.63, 3.8) is 0 Å². The maximum Gasteiger partial charge on any atom is 0.145 e. The smallest absolute Gasteiger partial charge is 0.145 e. The molecule has 0 unspecified atom stereocenters. The molecule has 5 nitrogen and oxygen atoms in total. The van der Waals surface area contributed by atoms with E-state index in [1.165, 1.54) is 27.1 Å². The molecular weight excluding hydrogens is 635 g/mol. The van der Waals surface area contributed by atoms with Crippen LogP contribution in [-0.2, 0) is 0 Å². The van der Waals surface area contributed by atoms with Gasteiger partial charge in [0.15, 0.2) is 0 Å². The number of fused-ring (bicyclic) bond motifs is 10. The number of para-hydroxylation sites is 2. The molecule has 0 spiro atoms. The predicted octanol–water partition coefficient (Wildman–Crippen LogP) is 11.7. The van der Waals surface area contributed by atoms with Crippen LogP contribution in [0, 0.1) is 0 Å². The number of benzene rings is 7. The molecule has 0 bridgehead atoms. The Labute approximate surface area is 298 Å². The Hall–Kier alpha value is -7.11. The van der Waals surface area contributed by atoms with E-state index < -0.39 is 0 Å². The van der Waals surface area contributed by atoms with Gasteiger partial charge in [-0.3, -0.25) is 9.97 Å². The van der Waals surface area contributed by atoms with Gasteiger partial charge in [0.05, 0.1) is 22.1 Å². The van der Waals surface area contributed by atoms with Crippen molar-refractivity contribution in [3.05, 3.63) is 176 Å². The van der Waals surface area contributed by atoms with Gasteiger partial charge in [-0.05, 0) is 93.7 Å². The fourth-order valence-corrected chi connectivity index (χ4v) is 8.15. The lowest BCUT2D eigenvalue weighted by Crippen LogP contribution is -1.95. The summed E-state index contributed by atoms with van der Waals surface area (Å²) in [7, 11) is 0. The van der Waals surface area contributed by atoms with E-state index in [0.717, 1.165) is 72.0 Å². The van der Waals surface area contributed by atoms with Gasteiger partial charge in [-0.25, -0.2) is 4.98 Å². The first-order valence-electron chi connectivity index (χ1n) is 17.5. The predicted molar refractivity (Wildman–Crippen MR) is 214 cm³/mol. The van der Waals surface area contributed by atoms with E-state index in [2.05, 4.69) is 161 Å². The number of aromatic nitrogens is 5. The van der Waals surface area contributed by atoms with Crippen molar-refractivity contribution in [3.8, 4) is 33.6 Å². The van der Waals surface area contributed by atoms with Gasteiger partial charge in [0, 0.05) is 63.1 Å². The molecule has 0 saturated heterocycles. The first-order chi connectivity index (χ1) is 25.8. The lowest BCUT2D eigenvalue weighted by molar-refractivity contribution is 1.09. The zero-order valence-electron chi connectivity index (χ0n) is 28.0. The minimum Gasteiger partial charge on any atom is -0.309 e. The molecule has 0 radical (unpaired) electrons. The summed E-state index contributed by atoms with van der Waals surface area (Å²) in [5.74, 6) is 0. The quantitative estimate of drug-likeness (QED) is 0.176. The minimum absolute atomic E-state index is 0.921. The van der Waals surface area contributed by atoms with Crippen LogP contribution in [0.2, 0.25) is 0 Å². The average molecular weight is 664 g/mol. The van der Waals surface area contributed by atoms with E-state index in [0.29, 0.717) is 0 Å². The van der Waals surface area contributed by atoms with Crippen molar-refractivity contribution in [1.29, 1.82) is 0 Å². The Kier molecular flexibility index (Phi) is 6.18. The monoisotopic (exact) mass is 663 g/mol. The first kappa shape index (κ1) is 28.7. The van der Waals surface area contributed by atoms with Crippen LogP contribution in [0.4, 0.5) is 0 Å². The maximum atomic E-state index is 4.87. The molecule has 0 amide bonds. The molecule has 4 heterocycles. The Morgan fingerprint density at radius 1 is 0.365 bits per heavy atom. The molecule has 0 aliphatic rings. The second kappa shape index (κ2) is 11.2. The Morgan fingerprint density at radius 3 is 1.92 bits per heavy atom. The van der Waals surface area contributed by atoms with E-state index in [4.69, 9.17) is 15.0 Å². The van der Waals surface area contributed by atoms with Gasteiger partial charge in [-0.1, -0.05) is 91.0 Å². The third-order valence-corrected chi connectivity index (χ3v) is 10.5. The second-order valence-electron chi connectivity index (χ2n) is 13.3. The van der Waals surface area contributed by atoms with Crippen molar-refractivity contribution < 1.29 is 0 Å². The Bertz CT molecular complexity index is 3190. The SMILES string of the molecule is c1ccc(-n2ccc3c(-c4cccc(-c5cccc(-n6c7ccccc7c7cc8c9ccccc9c9nccnc9c8cc76)c5)c4)ccnc32)cc1. The molecular formula is C47H29N5. The van der Waals surface area contributed by atoms with Crippen LogP contribution in [0.25, 0.3) is 99.0 Å². The van der Waals surface area contributed by atoms with Crippen molar-refractivity contribution >= 4 is 65.4 Å². The zero-order chi connectivity index (χ0) is 34.2. The highest BCUT2D eigenvalue weighted by Gasteiger charge is 2.18. The summed E-state index contributed by atoms with van der Waals surface area (Å²) < 4.78 is 4.55. The minimum atomic E-state index is 0.921. The number of nitrogens with zero attached hydrogens (tertiary/aromatic N) is 5. The van der Waals surface area contributed by atoms with Crippen molar-refractivity contribution in [2.75, 3.05) is 0 Å². The second-order valence-corrected chi connectivity index (χ2v) is 13.3. The van der Waals surface area contributed by atoms with Crippen LogP contribution in [0.5, 0.6) is 0 Å². The summed E-state index contributed by atoms with van der Waals surface area (Å²) in [4.78, 5) is 14.4. The van der Waals surface area contributed by atoms with Crippen molar-refractivity contribution in [2.45, 2.75) is 0 Å². The van der Waals surface area contributed by atoms with Crippen LogP contribution >= 0.6 is 0 Å². The van der Waals surface area contributed by atoms with Gasteiger partial charge >= 0.3 is 0 Å².